The lowest BCUT2D eigenvalue weighted by molar-refractivity contribution is -0.140. The van der Waals surface area contributed by atoms with Crippen LogP contribution in [-0.2, 0) is 86.6 Å². The number of hydrogen-bond acceptors (Lipinski definition) is 29. The number of likely N-dealkylation sites (N-methyl/N-ethyl adjacent to an activating group) is 1. The number of amides is 4. The highest BCUT2D eigenvalue weighted by atomic mass is 16.5. The number of carbonyl (C=O) groups is 6. The maximum absolute atomic E-state index is 12.9. The molecule has 0 saturated carbocycles. The lowest BCUT2D eigenvalue weighted by atomic mass is 10.1. The van der Waals surface area contributed by atoms with Crippen LogP contribution in [0.2, 0.25) is 0 Å². The maximum Gasteiger partial charge on any atom is 0.326 e. The van der Waals surface area contributed by atoms with Gasteiger partial charge < -0.3 is 86.9 Å². The summed E-state index contributed by atoms with van der Waals surface area (Å²) in [5.41, 5.74) is 14.7. The molecule has 0 aliphatic carbocycles. The summed E-state index contributed by atoms with van der Waals surface area (Å²) in [5.74, 6) is -4.52. The highest BCUT2D eigenvalue weighted by molar-refractivity contribution is 5.98. The molecule has 0 fully saturated rings. The molecule has 0 spiro atoms. The Morgan fingerprint density at radius 3 is 1.27 bits per heavy atom. The number of benzene rings is 2. The molecule has 6 aromatic heterocycles. The van der Waals surface area contributed by atoms with Crippen LogP contribution < -0.4 is 54.5 Å². The molecule has 4 amide bonds. The minimum atomic E-state index is -1.28. The predicted molar refractivity (Wildman–Crippen MR) is 383 cm³/mol. The van der Waals surface area contributed by atoms with Gasteiger partial charge in [0.15, 0.2) is 22.3 Å². The molecule has 0 aliphatic heterocycles. The van der Waals surface area contributed by atoms with Crippen molar-refractivity contribution >= 4 is 81.2 Å². The zero-order valence-electron chi connectivity index (χ0n) is 58.9. The number of carboxylic acids is 2. The topological polar surface area (TPSA) is 530 Å². The smallest absolute Gasteiger partial charge is 0.326 e. The number of carbonyl (C=O) groups excluding carboxylic acids is 4. The highest BCUT2D eigenvalue weighted by Gasteiger charge is 2.24. The van der Waals surface area contributed by atoms with Crippen LogP contribution in [0.1, 0.15) is 94.9 Å². The first-order chi connectivity index (χ1) is 51.4. The van der Waals surface area contributed by atoms with E-state index in [2.05, 4.69) is 97.3 Å². The summed E-state index contributed by atoms with van der Waals surface area (Å²) in [7, 11) is 2.00. The number of fused-ring (bicyclic) bond motifs is 2. The van der Waals surface area contributed by atoms with Crippen molar-refractivity contribution in [2.45, 2.75) is 102 Å². The fourth-order valence-electron chi connectivity index (χ4n) is 10.1. The third-order valence-corrected chi connectivity index (χ3v) is 15.9. The van der Waals surface area contributed by atoms with Gasteiger partial charge >= 0.3 is 11.9 Å². The monoisotopic (exact) mass is 1470 g/mol. The van der Waals surface area contributed by atoms with Crippen LogP contribution in [0.4, 0.5) is 23.3 Å². The number of nitrogens with zero attached hydrogens (tertiary/aromatic N) is 13. The lowest BCUT2D eigenvalue weighted by Gasteiger charge is -2.16. The van der Waals surface area contributed by atoms with Crippen molar-refractivity contribution in [2.75, 3.05) is 135 Å². The first-order valence-corrected chi connectivity index (χ1v) is 34.7. The Labute approximate surface area is 607 Å². The van der Waals surface area contributed by atoms with Crippen LogP contribution in [0.3, 0.4) is 0 Å². The molecule has 0 radical (unpaired) electrons. The Bertz CT molecular complexity index is 3950. The van der Waals surface area contributed by atoms with Crippen LogP contribution in [0.15, 0.2) is 82.9 Å². The summed E-state index contributed by atoms with van der Waals surface area (Å²) in [5, 5.41) is 53.1. The van der Waals surface area contributed by atoms with E-state index in [1.165, 1.54) is 36.7 Å². The molecule has 8 rings (SSSR count). The minimum absolute atomic E-state index is 0.0475. The van der Waals surface area contributed by atoms with Gasteiger partial charge in [-0.05, 0) is 107 Å². The SMILES string of the molecule is CN(CCOCCOCCOCCn1cc(CCCCNC(=O)CC[C@H](NC(=O)c2ccc(NCc3cnc4nc(N)[nH]c(=O)c4n3)cc2)C(=O)O)nn1)CCOCCOCCOCCn1cc(CCCCNC(=O)CC[C@H](NC(=O)c2ccc(NCc3cnc4nc(N)[nH]c(=O)c4n3)cc2)C(=O)O)nn1. The number of nitrogens with two attached hydrogens (primary N) is 2. The number of H-pyrrole nitrogens is 2. The molecule has 2 aromatic carbocycles. The van der Waals surface area contributed by atoms with Gasteiger partial charge in [-0.15, -0.1) is 10.2 Å². The molecular weight excluding hydrogens is 1380 g/mol. The van der Waals surface area contributed by atoms with Gasteiger partial charge in [-0.2, -0.15) is 9.97 Å². The van der Waals surface area contributed by atoms with Crippen LogP contribution >= 0.6 is 0 Å². The third kappa shape index (κ3) is 28.9. The predicted octanol–water partition coefficient (Wildman–Crippen LogP) is 0.247. The van der Waals surface area contributed by atoms with E-state index in [0.29, 0.717) is 154 Å². The summed E-state index contributed by atoms with van der Waals surface area (Å²) in [6.45, 7) is 9.23. The largest absolute Gasteiger partial charge is 0.480 e. The first-order valence-electron chi connectivity index (χ1n) is 34.7. The van der Waals surface area contributed by atoms with Crippen LogP contribution in [0.5, 0.6) is 0 Å². The summed E-state index contributed by atoms with van der Waals surface area (Å²) in [4.78, 5) is 131. The second-order valence-electron chi connectivity index (χ2n) is 24.2. The molecule has 0 unspecified atom stereocenters. The second-order valence-corrected chi connectivity index (χ2v) is 24.2. The minimum Gasteiger partial charge on any atom is -0.480 e. The Morgan fingerprint density at radius 1 is 0.509 bits per heavy atom. The average Bonchev–Trinajstić information content (AvgIpc) is 0.954. The molecule has 39 nitrogen and oxygen atoms in total. The van der Waals surface area contributed by atoms with Crippen molar-refractivity contribution in [1.82, 2.24) is 96.0 Å². The van der Waals surface area contributed by atoms with Gasteiger partial charge in [0.25, 0.3) is 22.9 Å². The number of rotatable bonds is 52. The van der Waals surface area contributed by atoms with Crippen molar-refractivity contribution in [3.05, 3.63) is 128 Å². The number of anilines is 4. The van der Waals surface area contributed by atoms with Gasteiger partial charge in [0.2, 0.25) is 23.7 Å². The van der Waals surface area contributed by atoms with Crippen molar-refractivity contribution < 1.29 is 67.4 Å². The number of unbranched alkanes of at least 4 members (excludes halogenated alkanes) is 2. The quantitative estimate of drug-likeness (QED) is 0.0227. The van der Waals surface area contributed by atoms with Crippen LogP contribution in [0, 0.1) is 0 Å². The van der Waals surface area contributed by atoms with E-state index >= 15 is 0 Å². The van der Waals surface area contributed by atoms with Gasteiger partial charge in [-0.3, -0.25) is 38.7 Å². The van der Waals surface area contributed by atoms with Gasteiger partial charge in [0, 0.05) is 73.9 Å². The van der Waals surface area contributed by atoms with Gasteiger partial charge in [0.05, 0.1) is 141 Å². The molecule has 39 heteroatoms. The number of nitrogens with one attached hydrogen (secondary N) is 8. The highest BCUT2D eigenvalue weighted by Crippen LogP contribution is 2.16. The summed E-state index contributed by atoms with van der Waals surface area (Å²) >= 11 is 0. The number of aliphatic carboxylic acids is 2. The summed E-state index contributed by atoms with van der Waals surface area (Å²) in [6.07, 6.45) is 10.4. The molecule has 0 aliphatic rings. The number of nitrogen functional groups attached to an aromatic ring is 2. The Balaban J connectivity index is 0.531. The number of aromatic amines is 2. The Hall–Kier alpha value is -11.1. The Morgan fingerprint density at radius 2 is 0.887 bits per heavy atom. The van der Waals surface area contributed by atoms with E-state index in [0.717, 1.165) is 37.3 Å². The molecule has 6 heterocycles. The zero-order valence-corrected chi connectivity index (χ0v) is 58.9. The fourth-order valence-corrected chi connectivity index (χ4v) is 10.1. The number of carboxylic acid groups (broad SMARTS) is 2. The second kappa shape index (κ2) is 43.9. The average molecular weight is 1470 g/mol. The molecule has 0 saturated heterocycles. The zero-order chi connectivity index (χ0) is 75.3. The first kappa shape index (κ1) is 80.6. The molecule has 570 valence electrons. The summed E-state index contributed by atoms with van der Waals surface area (Å²) < 4.78 is 37.5. The van der Waals surface area contributed by atoms with Gasteiger partial charge in [-0.1, -0.05) is 10.4 Å². The Kier molecular flexibility index (Phi) is 33.4. The van der Waals surface area contributed by atoms with E-state index < -0.39 is 47.0 Å². The van der Waals surface area contributed by atoms with E-state index in [-0.39, 0.29) is 95.9 Å². The maximum atomic E-state index is 12.9. The summed E-state index contributed by atoms with van der Waals surface area (Å²) in [6, 6.07) is 10.1. The number of hydrogen-bond donors (Lipinski definition) is 12. The van der Waals surface area contributed by atoms with Crippen molar-refractivity contribution in [3.8, 4) is 0 Å². The molecule has 0 bridgehead atoms. The van der Waals surface area contributed by atoms with Crippen molar-refractivity contribution in [2.24, 2.45) is 0 Å². The van der Waals surface area contributed by atoms with E-state index in [1.807, 2.05) is 19.4 Å². The lowest BCUT2D eigenvalue weighted by Crippen LogP contribution is -2.41. The molecule has 106 heavy (non-hydrogen) atoms. The standard InChI is InChI=1S/C67H91N23O16/c1-88(22-26-101-30-34-105-36-32-103-28-24-89-42-48(84-86-89)6-2-4-20-70-54(91)18-16-52(64(97)98)78-60(93)44-8-12-46(13-9-44)72-38-50-40-74-58-56(76-50)62(95)82-66(68)80-58)23-27-102-31-35-106-37-33-104-29-25-90-43-49(85-87-90)7-3-5-21-71-55(92)19-17-53(65(99)100)79-61(94)45-10-14-47(15-11-45)73-39-51-41-75-59-57(77-51)63(96)83-67(69)81-59/h8-15,40-43,52-53,72-73H,2-7,16-39H2,1H3,(H,70,91)(H,71,92)(H,78,93)(H,79,94)(H,97,98)(H,99,100)(H3,68,74,80,82,95)(H3,69,75,81,83,96)/t52-,53-/m0/s1. The molecule has 8 aromatic rings. The van der Waals surface area contributed by atoms with Crippen LogP contribution in [0.25, 0.3) is 22.3 Å². The van der Waals surface area contributed by atoms with Crippen molar-refractivity contribution in [1.29, 1.82) is 0 Å². The normalized spacial score (nSPS) is 11.9. The van der Waals surface area contributed by atoms with Gasteiger partial charge in [-0.25, -0.2) is 38.9 Å². The van der Waals surface area contributed by atoms with E-state index in [1.54, 1.807) is 33.6 Å². The number of aryl methyl sites for hydroxylation is 2. The number of aromatic nitrogens is 14. The molecular formula is C67H91N23O16. The van der Waals surface area contributed by atoms with E-state index in [9.17, 15) is 48.6 Å². The van der Waals surface area contributed by atoms with Crippen LogP contribution in [-0.4, -0.2) is 245 Å². The van der Waals surface area contributed by atoms with E-state index in [4.69, 9.17) is 39.9 Å². The third-order valence-electron chi connectivity index (χ3n) is 15.9. The van der Waals surface area contributed by atoms with Crippen molar-refractivity contribution in [3.63, 3.8) is 0 Å². The van der Waals surface area contributed by atoms with Gasteiger partial charge in [0.1, 0.15) is 12.1 Å². The molecule has 14 N–H and O–H groups in total. The molecule has 2 atom stereocenters. The number of ether oxygens (including phenoxy) is 6. The fraction of sp³-hybridized carbons (Fsp3) is 0.493.